The lowest BCUT2D eigenvalue weighted by Gasteiger charge is -2.15. The molecule has 3 aromatic carbocycles. The predicted molar refractivity (Wildman–Crippen MR) is 103 cm³/mol. The molecule has 1 unspecified atom stereocenters. The van der Waals surface area contributed by atoms with Crippen LogP contribution in [0.5, 0.6) is 0 Å². The Balaban J connectivity index is 2.09. The van der Waals surface area contributed by atoms with Gasteiger partial charge in [-0.1, -0.05) is 97.1 Å². The topological polar surface area (TPSA) is 12.4 Å². The lowest BCUT2D eigenvalue weighted by Crippen LogP contribution is -2.07. The summed E-state index contributed by atoms with van der Waals surface area (Å²) in [6.07, 6.45) is 2.75. The SMILES string of the molecule is C=CCC(N=C(c1ccccc1)c1ccccc1)c1ccccc1. The minimum atomic E-state index is 0.0686. The summed E-state index contributed by atoms with van der Waals surface area (Å²) in [6, 6.07) is 31.2. The number of aliphatic imine (C=N–C) groups is 1. The molecule has 0 aromatic heterocycles. The van der Waals surface area contributed by atoms with Crippen LogP contribution in [0.2, 0.25) is 0 Å². The van der Waals surface area contributed by atoms with Crippen molar-refractivity contribution in [2.45, 2.75) is 12.5 Å². The molecule has 1 atom stereocenters. The first kappa shape index (κ1) is 15.9. The van der Waals surface area contributed by atoms with Crippen molar-refractivity contribution in [1.29, 1.82) is 0 Å². The largest absolute Gasteiger partial charge is 0.276 e. The van der Waals surface area contributed by atoms with Gasteiger partial charge in [0.15, 0.2) is 0 Å². The van der Waals surface area contributed by atoms with E-state index in [4.69, 9.17) is 4.99 Å². The number of nitrogens with zero attached hydrogens (tertiary/aromatic N) is 1. The third-order valence-electron chi connectivity index (χ3n) is 3.95. The number of rotatable bonds is 6. The molecule has 24 heavy (non-hydrogen) atoms. The van der Waals surface area contributed by atoms with E-state index in [1.54, 1.807) is 0 Å². The molecule has 3 aromatic rings. The van der Waals surface area contributed by atoms with Gasteiger partial charge in [0, 0.05) is 11.1 Å². The highest BCUT2D eigenvalue weighted by Gasteiger charge is 2.12. The fraction of sp³-hybridized carbons (Fsp3) is 0.0870. The first-order chi connectivity index (χ1) is 11.9. The summed E-state index contributed by atoms with van der Waals surface area (Å²) in [5.41, 5.74) is 4.50. The molecule has 0 bridgehead atoms. The Kier molecular flexibility index (Phi) is 5.36. The van der Waals surface area contributed by atoms with Crippen molar-refractivity contribution in [2.24, 2.45) is 4.99 Å². The van der Waals surface area contributed by atoms with Crippen LogP contribution in [0.15, 0.2) is 109 Å². The smallest absolute Gasteiger partial charge is 0.0790 e. The average Bonchev–Trinajstić information content (AvgIpc) is 2.67. The van der Waals surface area contributed by atoms with Crippen molar-refractivity contribution in [3.8, 4) is 0 Å². The Morgan fingerprint density at radius 2 is 1.21 bits per heavy atom. The second kappa shape index (κ2) is 8.07. The Hall–Kier alpha value is -2.93. The quantitative estimate of drug-likeness (QED) is 0.400. The first-order valence-corrected chi connectivity index (χ1v) is 8.23. The molecule has 0 saturated carbocycles. The fourth-order valence-corrected chi connectivity index (χ4v) is 2.76. The van der Waals surface area contributed by atoms with E-state index in [-0.39, 0.29) is 6.04 Å². The van der Waals surface area contributed by atoms with E-state index in [1.807, 2.05) is 24.3 Å². The lowest BCUT2D eigenvalue weighted by molar-refractivity contribution is 0.745. The lowest BCUT2D eigenvalue weighted by atomic mass is 9.99. The molecule has 0 amide bonds. The van der Waals surface area contributed by atoms with Crippen LogP contribution in [-0.4, -0.2) is 5.71 Å². The maximum Gasteiger partial charge on any atom is 0.0790 e. The predicted octanol–water partition coefficient (Wildman–Crippen LogP) is 5.84. The van der Waals surface area contributed by atoms with Crippen LogP contribution in [0, 0.1) is 0 Å². The first-order valence-electron chi connectivity index (χ1n) is 8.23. The van der Waals surface area contributed by atoms with E-state index in [0.717, 1.165) is 23.3 Å². The van der Waals surface area contributed by atoms with Gasteiger partial charge in [0.25, 0.3) is 0 Å². The molecule has 0 heterocycles. The van der Waals surface area contributed by atoms with E-state index in [1.165, 1.54) is 5.56 Å². The van der Waals surface area contributed by atoms with Gasteiger partial charge in [0.05, 0.1) is 11.8 Å². The van der Waals surface area contributed by atoms with Crippen LogP contribution in [0.4, 0.5) is 0 Å². The summed E-state index contributed by atoms with van der Waals surface area (Å²) in [7, 11) is 0. The minimum Gasteiger partial charge on any atom is -0.276 e. The summed E-state index contributed by atoms with van der Waals surface area (Å²) < 4.78 is 0. The highest BCUT2D eigenvalue weighted by molar-refractivity contribution is 6.13. The van der Waals surface area contributed by atoms with Gasteiger partial charge in [-0.2, -0.15) is 0 Å². The van der Waals surface area contributed by atoms with Crippen LogP contribution in [-0.2, 0) is 0 Å². The maximum atomic E-state index is 5.12. The van der Waals surface area contributed by atoms with Gasteiger partial charge >= 0.3 is 0 Å². The van der Waals surface area contributed by atoms with Crippen LogP contribution in [0.1, 0.15) is 29.2 Å². The standard InChI is InChI=1S/C23H21N/c1-2-12-22(19-13-6-3-7-14-19)24-23(20-15-8-4-9-16-20)21-17-10-5-11-18-21/h2-11,13-18,22H,1,12H2. The van der Waals surface area contributed by atoms with Gasteiger partial charge in [-0.3, -0.25) is 4.99 Å². The van der Waals surface area contributed by atoms with Gasteiger partial charge in [-0.25, -0.2) is 0 Å². The van der Waals surface area contributed by atoms with Gasteiger partial charge in [-0.15, -0.1) is 6.58 Å². The van der Waals surface area contributed by atoms with E-state index >= 15 is 0 Å². The maximum absolute atomic E-state index is 5.12. The zero-order chi connectivity index (χ0) is 16.6. The van der Waals surface area contributed by atoms with Gasteiger partial charge in [0.2, 0.25) is 0 Å². The molecule has 0 N–H and O–H groups in total. The molecule has 3 rings (SSSR count). The normalized spacial score (nSPS) is 11.5. The molecule has 0 saturated heterocycles. The molecule has 1 heteroatoms. The zero-order valence-electron chi connectivity index (χ0n) is 13.7. The Bertz CT molecular complexity index is 748. The third kappa shape index (κ3) is 3.88. The molecule has 0 fully saturated rings. The molecule has 0 spiro atoms. The van der Waals surface area contributed by atoms with Crippen molar-refractivity contribution in [1.82, 2.24) is 0 Å². The molecule has 0 aliphatic heterocycles. The highest BCUT2D eigenvalue weighted by Crippen LogP contribution is 2.24. The van der Waals surface area contributed by atoms with Crippen molar-refractivity contribution >= 4 is 5.71 Å². The molecule has 118 valence electrons. The van der Waals surface area contributed by atoms with Crippen LogP contribution >= 0.6 is 0 Å². The van der Waals surface area contributed by atoms with Crippen LogP contribution < -0.4 is 0 Å². The summed E-state index contributed by atoms with van der Waals surface area (Å²) >= 11 is 0. The molecular formula is C23H21N. The minimum absolute atomic E-state index is 0.0686. The number of hydrogen-bond donors (Lipinski definition) is 0. The third-order valence-corrected chi connectivity index (χ3v) is 3.95. The summed E-state index contributed by atoms with van der Waals surface area (Å²) in [5.74, 6) is 0. The van der Waals surface area contributed by atoms with E-state index in [9.17, 15) is 0 Å². The zero-order valence-corrected chi connectivity index (χ0v) is 13.7. The van der Waals surface area contributed by atoms with Crippen LogP contribution in [0.25, 0.3) is 0 Å². The fourth-order valence-electron chi connectivity index (χ4n) is 2.76. The highest BCUT2D eigenvalue weighted by atomic mass is 14.8. The van der Waals surface area contributed by atoms with Crippen molar-refractivity contribution in [3.63, 3.8) is 0 Å². The van der Waals surface area contributed by atoms with E-state index in [0.29, 0.717) is 0 Å². The Morgan fingerprint density at radius 3 is 1.67 bits per heavy atom. The Labute approximate surface area is 144 Å². The van der Waals surface area contributed by atoms with Gasteiger partial charge in [0.1, 0.15) is 0 Å². The average molecular weight is 311 g/mol. The van der Waals surface area contributed by atoms with Crippen molar-refractivity contribution < 1.29 is 0 Å². The van der Waals surface area contributed by atoms with E-state index in [2.05, 4.69) is 79.4 Å². The number of benzene rings is 3. The van der Waals surface area contributed by atoms with Crippen molar-refractivity contribution in [2.75, 3.05) is 0 Å². The van der Waals surface area contributed by atoms with Gasteiger partial charge < -0.3 is 0 Å². The Morgan fingerprint density at radius 1 is 0.750 bits per heavy atom. The monoisotopic (exact) mass is 311 g/mol. The molecule has 0 aliphatic carbocycles. The van der Waals surface area contributed by atoms with Crippen LogP contribution in [0.3, 0.4) is 0 Å². The molecule has 0 aliphatic rings. The van der Waals surface area contributed by atoms with E-state index < -0.39 is 0 Å². The summed E-state index contributed by atoms with van der Waals surface area (Å²) in [5, 5.41) is 0. The molecule has 0 radical (unpaired) electrons. The number of hydrogen-bond acceptors (Lipinski definition) is 1. The van der Waals surface area contributed by atoms with Crippen molar-refractivity contribution in [3.05, 3.63) is 120 Å². The summed E-state index contributed by atoms with van der Waals surface area (Å²) in [4.78, 5) is 5.12. The second-order valence-electron chi connectivity index (χ2n) is 5.66. The second-order valence-corrected chi connectivity index (χ2v) is 5.66. The summed E-state index contributed by atoms with van der Waals surface area (Å²) in [6.45, 7) is 3.91. The van der Waals surface area contributed by atoms with Gasteiger partial charge in [-0.05, 0) is 12.0 Å². The molecular weight excluding hydrogens is 290 g/mol. The molecule has 1 nitrogen and oxygen atoms in total.